The zero-order valence-electron chi connectivity index (χ0n) is 12.3. The van der Waals surface area contributed by atoms with Crippen molar-refractivity contribution in [3.8, 4) is 0 Å². The molecular weight excluding hydrogens is 260 g/mol. The monoisotopic (exact) mass is 282 g/mol. The van der Waals surface area contributed by atoms with Crippen molar-refractivity contribution in [1.82, 2.24) is 4.90 Å². The van der Waals surface area contributed by atoms with Crippen LogP contribution in [0.2, 0.25) is 0 Å². The minimum atomic E-state index is 0.0763. The third-order valence-corrected chi connectivity index (χ3v) is 4.94. The van der Waals surface area contributed by atoms with Gasteiger partial charge in [-0.1, -0.05) is 0 Å². The standard InChI is InChI=1S/C14H22N2O2S/c1-9-12-6-11(7-15(3)4)18-8-13(12)19-14(9)16(5)10(2)17/h11H,6-8H2,1-5H3. The number of ether oxygens (including phenoxy) is 1. The minimum Gasteiger partial charge on any atom is -0.371 e. The molecule has 5 heteroatoms. The number of thiophene rings is 1. The largest absolute Gasteiger partial charge is 0.371 e. The van der Waals surface area contributed by atoms with Gasteiger partial charge in [0, 0.05) is 31.8 Å². The van der Waals surface area contributed by atoms with E-state index >= 15 is 0 Å². The molecule has 2 heterocycles. The molecule has 0 aliphatic carbocycles. The molecule has 1 aliphatic rings. The van der Waals surface area contributed by atoms with E-state index in [0.29, 0.717) is 6.61 Å². The molecular formula is C14H22N2O2S. The highest BCUT2D eigenvalue weighted by Crippen LogP contribution is 2.38. The Bertz CT molecular complexity index is 482. The maximum atomic E-state index is 11.5. The first-order chi connectivity index (χ1) is 8.90. The van der Waals surface area contributed by atoms with Crippen LogP contribution in [0.4, 0.5) is 5.00 Å². The van der Waals surface area contributed by atoms with Gasteiger partial charge in [-0.2, -0.15) is 0 Å². The molecule has 4 nitrogen and oxygen atoms in total. The fourth-order valence-corrected chi connectivity index (χ4v) is 3.71. The third-order valence-electron chi connectivity index (χ3n) is 3.56. The molecule has 0 radical (unpaired) electrons. The molecule has 0 spiro atoms. The normalized spacial score (nSPS) is 18.5. The molecule has 1 aromatic rings. The van der Waals surface area contributed by atoms with Crippen LogP contribution < -0.4 is 4.90 Å². The lowest BCUT2D eigenvalue weighted by Gasteiger charge is -2.26. The van der Waals surface area contributed by atoms with Gasteiger partial charge in [0.2, 0.25) is 5.91 Å². The molecule has 1 amide bonds. The minimum absolute atomic E-state index is 0.0763. The van der Waals surface area contributed by atoms with E-state index in [1.807, 2.05) is 7.05 Å². The molecule has 0 fully saturated rings. The number of hydrogen-bond donors (Lipinski definition) is 0. The van der Waals surface area contributed by atoms with Crippen LogP contribution in [0.25, 0.3) is 0 Å². The van der Waals surface area contributed by atoms with Crippen molar-refractivity contribution in [2.45, 2.75) is 33.0 Å². The van der Waals surface area contributed by atoms with E-state index in [9.17, 15) is 4.79 Å². The number of carbonyl (C=O) groups excluding carboxylic acids is 1. The number of nitrogens with zero attached hydrogens (tertiary/aromatic N) is 2. The summed E-state index contributed by atoms with van der Waals surface area (Å²) < 4.78 is 5.89. The van der Waals surface area contributed by atoms with Gasteiger partial charge in [0.15, 0.2) is 0 Å². The average Bonchev–Trinajstić information content (AvgIpc) is 2.65. The Labute approximate surface area is 119 Å². The number of hydrogen-bond acceptors (Lipinski definition) is 4. The first kappa shape index (κ1) is 14.5. The van der Waals surface area contributed by atoms with Crippen LogP contribution in [-0.2, 0) is 22.6 Å². The molecule has 0 aromatic carbocycles. The molecule has 0 bridgehead atoms. The quantitative estimate of drug-likeness (QED) is 0.850. The second-order valence-electron chi connectivity index (χ2n) is 5.41. The van der Waals surface area contributed by atoms with Gasteiger partial charge in [-0.3, -0.25) is 4.79 Å². The number of rotatable bonds is 3. The molecule has 1 aromatic heterocycles. The topological polar surface area (TPSA) is 32.8 Å². The van der Waals surface area contributed by atoms with Crippen LogP contribution in [0, 0.1) is 6.92 Å². The van der Waals surface area contributed by atoms with E-state index in [2.05, 4.69) is 25.9 Å². The van der Waals surface area contributed by atoms with Crippen molar-refractivity contribution in [1.29, 1.82) is 0 Å². The number of fused-ring (bicyclic) bond motifs is 1. The van der Waals surface area contributed by atoms with Crippen molar-refractivity contribution >= 4 is 22.2 Å². The zero-order chi connectivity index (χ0) is 14.2. The Hall–Kier alpha value is -0.910. The highest BCUT2D eigenvalue weighted by molar-refractivity contribution is 7.16. The summed E-state index contributed by atoms with van der Waals surface area (Å²) in [5, 5.41) is 1.06. The van der Waals surface area contributed by atoms with Crippen LogP contribution >= 0.6 is 11.3 Å². The lowest BCUT2D eigenvalue weighted by Crippen LogP contribution is -2.32. The Morgan fingerprint density at radius 1 is 1.42 bits per heavy atom. The van der Waals surface area contributed by atoms with Crippen molar-refractivity contribution < 1.29 is 9.53 Å². The Kier molecular flexibility index (Phi) is 4.28. The molecule has 1 aliphatic heterocycles. The smallest absolute Gasteiger partial charge is 0.224 e. The molecule has 106 valence electrons. The first-order valence-electron chi connectivity index (χ1n) is 6.52. The fourth-order valence-electron chi connectivity index (χ4n) is 2.44. The van der Waals surface area contributed by atoms with E-state index in [1.165, 1.54) is 16.0 Å². The summed E-state index contributed by atoms with van der Waals surface area (Å²) in [6.45, 7) is 5.32. The Morgan fingerprint density at radius 3 is 2.68 bits per heavy atom. The van der Waals surface area contributed by atoms with Gasteiger partial charge in [0.1, 0.15) is 5.00 Å². The molecule has 0 saturated heterocycles. The SMILES string of the molecule is CC(=O)N(C)c1sc2c(c1C)CC(CN(C)C)OC2. The molecule has 19 heavy (non-hydrogen) atoms. The number of carbonyl (C=O) groups is 1. The molecule has 1 atom stereocenters. The summed E-state index contributed by atoms with van der Waals surface area (Å²) in [5.74, 6) is 0.0763. The van der Waals surface area contributed by atoms with Crippen LogP contribution in [-0.4, -0.2) is 44.6 Å². The molecule has 0 saturated carbocycles. The van der Waals surface area contributed by atoms with E-state index in [-0.39, 0.29) is 12.0 Å². The maximum absolute atomic E-state index is 11.5. The van der Waals surface area contributed by atoms with Crippen LogP contribution in [0.1, 0.15) is 22.9 Å². The summed E-state index contributed by atoms with van der Waals surface area (Å²) in [6, 6.07) is 0. The molecule has 2 rings (SSSR count). The second kappa shape index (κ2) is 5.61. The third kappa shape index (κ3) is 2.99. The van der Waals surface area contributed by atoms with E-state index in [4.69, 9.17) is 4.74 Å². The van der Waals surface area contributed by atoms with Gasteiger partial charge in [0.25, 0.3) is 0 Å². The molecule has 1 unspecified atom stereocenters. The van der Waals surface area contributed by atoms with E-state index in [0.717, 1.165) is 18.0 Å². The van der Waals surface area contributed by atoms with Gasteiger partial charge in [-0.05, 0) is 32.1 Å². The second-order valence-corrected chi connectivity index (χ2v) is 6.49. The number of anilines is 1. The number of amides is 1. The van der Waals surface area contributed by atoms with E-state index in [1.54, 1.807) is 23.2 Å². The summed E-state index contributed by atoms with van der Waals surface area (Å²) in [4.78, 5) is 16.7. The number of likely N-dealkylation sites (N-methyl/N-ethyl adjacent to an activating group) is 1. The zero-order valence-corrected chi connectivity index (χ0v) is 13.1. The predicted octanol–water partition coefficient (Wildman–Crippen LogP) is 2.04. The van der Waals surface area contributed by atoms with Gasteiger partial charge < -0.3 is 14.5 Å². The van der Waals surface area contributed by atoms with Crippen LogP contribution in [0.5, 0.6) is 0 Å². The van der Waals surface area contributed by atoms with Crippen molar-refractivity contribution in [3.05, 3.63) is 16.0 Å². The summed E-state index contributed by atoms with van der Waals surface area (Å²) in [6.07, 6.45) is 1.20. The van der Waals surface area contributed by atoms with Crippen LogP contribution in [0.3, 0.4) is 0 Å². The lowest BCUT2D eigenvalue weighted by molar-refractivity contribution is -0.116. The highest BCUT2D eigenvalue weighted by atomic mass is 32.1. The van der Waals surface area contributed by atoms with Gasteiger partial charge in [0.05, 0.1) is 12.7 Å². The Balaban J connectivity index is 2.23. The fraction of sp³-hybridized carbons (Fsp3) is 0.643. The predicted molar refractivity (Wildman–Crippen MR) is 79.0 cm³/mol. The summed E-state index contributed by atoms with van der Waals surface area (Å²) in [5.41, 5.74) is 2.62. The first-order valence-corrected chi connectivity index (χ1v) is 7.33. The maximum Gasteiger partial charge on any atom is 0.224 e. The van der Waals surface area contributed by atoms with Crippen molar-refractivity contribution in [3.63, 3.8) is 0 Å². The Morgan fingerprint density at radius 2 is 2.11 bits per heavy atom. The molecule has 0 N–H and O–H groups in total. The summed E-state index contributed by atoms with van der Waals surface area (Å²) >= 11 is 1.69. The van der Waals surface area contributed by atoms with Gasteiger partial charge in [-0.25, -0.2) is 0 Å². The van der Waals surface area contributed by atoms with Crippen molar-refractivity contribution in [2.24, 2.45) is 0 Å². The average molecular weight is 282 g/mol. The summed E-state index contributed by atoms with van der Waals surface area (Å²) in [7, 11) is 5.97. The van der Waals surface area contributed by atoms with E-state index < -0.39 is 0 Å². The van der Waals surface area contributed by atoms with Crippen LogP contribution in [0.15, 0.2) is 0 Å². The van der Waals surface area contributed by atoms with Crippen molar-refractivity contribution in [2.75, 3.05) is 32.6 Å². The lowest BCUT2D eigenvalue weighted by atomic mass is 10.0. The highest BCUT2D eigenvalue weighted by Gasteiger charge is 2.26. The van der Waals surface area contributed by atoms with Gasteiger partial charge >= 0.3 is 0 Å². The van der Waals surface area contributed by atoms with Gasteiger partial charge in [-0.15, -0.1) is 11.3 Å².